The van der Waals surface area contributed by atoms with E-state index in [0.29, 0.717) is 21.4 Å². The molecule has 8 heteroatoms. The van der Waals surface area contributed by atoms with Crippen molar-refractivity contribution in [2.45, 2.75) is 26.4 Å². The van der Waals surface area contributed by atoms with Gasteiger partial charge >= 0.3 is 12.1 Å². The number of aryl methyl sites for hydroxylation is 2. The van der Waals surface area contributed by atoms with Crippen molar-refractivity contribution < 1.29 is 23.1 Å². The largest absolute Gasteiger partial charge is 0.481 e. The molecule has 146 valence electrons. The number of aliphatic carboxylic acids is 1. The summed E-state index contributed by atoms with van der Waals surface area (Å²) >= 11 is 1.17. The van der Waals surface area contributed by atoms with Crippen molar-refractivity contribution in [3.63, 3.8) is 0 Å². The molecule has 0 radical (unpaired) electrons. The van der Waals surface area contributed by atoms with Crippen LogP contribution in [-0.4, -0.2) is 16.1 Å². The Hall–Kier alpha value is -2.87. The molecule has 1 aromatic heterocycles. The second-order valence-corrected chi connectivity index (χ2v) is 7.46. The van der Waals surface area contributed by atoms with Crippen LogP contribution in [0.15, 0.2) is 42.5 Å². The Labute approximate surface area is 163 Å². The summed E-state index contributed by atoms with van der Waals surface area (Å²) in [5.74, 6) is -0.976. The molecular formula is C20H17F3N2O2S. The van der Waals surface area contributed by atoms with E-state index in [4.69, 9.17) is 0 Å². The number of rotatable bonds is 5. The summed E-state index contributed by atoms with van der Waals surface area (Å²) in [5.41, 5.74) is 3.16. The molecule has 0 saturated heterocycles. The second kappa shape index (κ2) is 7.63. The maximum absolute atomic E-state index is 12.7. The van der Waals surface area contributed by atoms with Crippen LogP contribution >= 0.6 is 11.3 Å². The lowest BCUT2D eigenvalue weighted by molar-refractivity contribution is -0.138. The van der Waals surface area contributed by atoms with Crippen LogP contribution in [0.25, 0.3) is 11.3 Å². The zero-order valence-corrected chi connectivity index (χ0v) is 15.9. The number of alkyl halides is 3. The molecule has 0 saturated carbocycles. The van der Waals surface area contributed by atoms with Gasteiger partial charge < -0.3 is 10.4 Å². The topological polar surface area (TPSA) is 62.2 Å². The average Bonchev–Trinajstić information content (AvgIpc) is 2.95. The van der Waals surface area contributed by atoms with Gasteiger partial charge in [-0.25, -0.2) is 4.98 Å². The van der Waals surface area contributed by atoms with Crippen molar-refractivity contribution in [2.24, 2.45) is 0 Å². The average molecular weight is 406 g/mol. The quantitative estimate of drug-likeness (QED) is 0.561. The third-order valence-electron chi connectivity index (χ3n) is 4.11. The van der Waals surface area contributed by atoms with Crippen LogP contribution in [0.1, 0.15) is 21.6 Å². The van der Waals surface area contributed by atoms with E-state index in [1.165, 1.54) is 23.5 Å². The van der Waals surface area contributed by atoms with Gasteiger partial charge in [-0.2, -0.15) is 13.2 Å². The summed E-state index contributed by atoms with van der Waals surface area (Å²) in [6.07, 6.45) is -4.58. The monoisotopic (exact) mass is 406 g/mol. The van der Waals surface area contributed by atoms with Gasteiger partial charge in [0.15, 0.2) is 5.13 Å². The lowest BCUT2D eigenvalue weighted by atomic mass is 10.0. The fraction of sp³-hybridized carbons (Fsp3) is 0.200. The number of nitrogens with one attached hydrogen (secondary N) is 1. The van der Waals surface area contributed by atoms with Gasteiger partial charge in [-0.3, -0.25) is 4.79 Å². The van der Waals surface area contributed by atoms with Gasteiger partial charge in [0, 0.05) is 16.1 Å². The molecule has 0 fully saturated rings. The molecule has 2 aromatic carbocycles. The third-order valence-corrected chi connectivity index (χ3v) is 5.08. The highest BCUT2D eigenvalue weighted by molar-refractivity contribution is 7.16. The van der Waals surface area contributed by atoms with Crippen LogP contribution in [-0.2, 0) is 17.4 Å². The van der Waals surface area contributed by atoms with E-state index in [1.807, 2.05) is 32.0 Å². The predicted octanol–water partition coefficient (Wildman–Crippen LogP) is 5.82. The van der Waals surface area contributed by atoms with E-state index < -0.39 is 17.7 Å². The second-order valence-electron chi connectivity index (χ2n) is 6.38. The van der Waals surface area contributed by atoms with Crippen LogP contribution in [0.2, 0.25) is 0 Å². The van der Waals surface area contributed by atoms with Gasteiger partial charge in [-0.05, 0) is 43.7 Å². The minimum absolute atomic E-state index is 0.186. The molecule has 0 bridgehead atoms. The number of anilines is 2. The third kappa shape index (κ3) is 4.51. The number of halogens is 3. The number of carbonyl (C=O) groups is 1. The lowest BCUT2D eigenvalue weighted by Crippen LogP contribution is -2.04. The van der Waals surface area contributed by atoms with Crippen molar-refractivity contribution in [1.82, 2.24) is 4.98 Å². The first kappa shape index (κ1) is 19.9. The van der Waals surface area contributed by atoms with Crippen LogP contribution < -0.4 is 5.32 Å². The van der Waals surface area contributed by atoms with Crippen LogP contribution in [0.3, 0.4) is 0 Å². The van der Waals surface area contributed by atoms with Crippen molar-refractivity contribution in [1.29, 1.82) is 0 Å². The Bertz CT molecular complexity index is 1010. The molecule has 0 spiro atoms. The first-order valence-corrected chi connectivity index (χ1v) is 9.18. The fourth-order valence-electron chi connectivity index (χ4n) is 2.82. The van der Waals surface area contributed by atoms with E-state index in [2.05, 4.69) is 10.3 Å². The van der Waals surface area contributed by atoms with Gasteiger partial charge in [0.2, 0.25) is 0 Å². The Balaban J connectivity index is 1.94. The lowest BCUT2D eigenvalue weighted by Gasteiger charge is -2.08. The molecule has 0 atom stereocenters. The zero-order valence-electron chi connectivity index (χ0n) is 15.1. The highest BCUT2D eigenvalue weighted by Gasteiger charge is 2.30. The van der Waals surface area contributed by atoms with E-state index in [0.717, 1.165) is 28.8 Å². The number of thiazole rings is 1. The maximum Gasteiger partial charge on any atom is 0.416 e. The minimum atomic E-state index is -4.40. The SMILES string of the molecule is Cc1ccc(-c2nc(Nc3ccc(C(F)(F)F)cc3)sc2CC(=O)O)c(C)c1. The van der Waals surface area contributed by atoms with Crippen molar-refractivity contribution in [2.75, 3.05) is 5.32 Å². The predicted molar refractivity (Wildman–Crippen MR) is 103 cm³/mol. The van der Waals surface area contributed by atoms with Crippen molar-refractivity contribution in [3.05, 3.63) is 64.0 Å². The highest BCUT2D eigenvalue weighted by atomic mass is 32.1. The highest BCUT2D eigenvalue weighted by Crippen LogP contribution is 2.36. The number of aromatic nitrogens is 1. The molecule has 0 aliphatic carbocycles. The molecule has 2 N–H and O–H groups in total. The molecule has 0 unspecified atom stereocenters. The normalized spacial score (nSPS) is 11.5. The maximum atomic E-state index is 12.7. The Morgan fingerprint density at radius 2 is 1.82 bits per heavy atom. The van der Waals surface area contributed by atoms with Crippen LogP contribution in [0.5, 0.6) is 0 Å². The molecule has 28 heavy (non-hydrogen) atoms. The zero-order chi connectivity index (χ0) is 20.5. The number of hydrogen-bond donors (Lipinski definition) is 2. The first-order chi connectivity index (χ1) is 13.1. The smallest absolute Gasteiger partial charge is 0.416 e. The van der Waals surface area contributed by atoms with E-state index in [9.17, 15) is 23.1 Å². The number of nitrogens with zero attached hydrogens (tertiary/aromatic N) is 1. The molecule has 3 rings (SSSR count). The summed E-state index contributed by atoms with van der Waals surface area (Å²) in [7, 11) is 0. The van der Waals surface area contributed by atoms with Crippen LogP contribution in [0, 0.1) is 13.8 Å². The van der Waals surface area contributed by atoms with Gasteiger partial charge in [0.1, 0.15) is 0 Å². The minimum Gasteiger partial charge on any atom is -0.481 e. The van der Waals surface area contributed by atoms with Gasteiger partial charge in [0.05, 0.1) is 17.7 Å². The van der Waals surface area contributed by atoms with Gasteiger partial charge in [-0.15, -0.1) is 11.3 Å². The molecule has 0 aliphatic heterocycles. The molecule has 0 amide bonds. The molecule has 0 aliphatic rings. The van der Waals surface area contributed by atoms with E-state index in [1.54, 1.807) is 0 Å². The number of carboxylic acids is 1. The molecule has 1 heterocycles. The Morgan fingerprint density at radius 3 is 2.39 bits per heavy atom. The summed E-state index contributed by atoms with van der Waals surface area (Å²) < 4.78 is 38.1. The van der Waals surface area contributed by atoms with Crippen molar-refractivity contribution >= 4 is 28.1 Å². The summed E-state index contributed by atoms with van der Waals surface area (Å²) in [4.78, 5) is 16.3. The molecule has 3 aromatic rings. The summed E-state index contributed by atoms with van der Waals surface area (Å²) in [6.45, 7) is 3.89. The first-order valence-electron chi connectivity index (χ1n) is 8.37. The number of carboxylic acid groups (broad SMARTS) is 1. The standard InChI is InChI=1S/C20H17F3N2O2S/c1-11-3-8-15(12(2)9-11)18-16(10-17(26)27)28-19(25-18)24-14-6-4-13(5-7-14)20(21,22)23/h3-9H,10H2,1-2H3,(H,24,25)(H,26,27). The van der Waals surface area contributed by atoms with Gasteiger partial charge in [0.25, 0.3) is 0 Å². The number of benzene rings is 2. The summed E-state index contributed by atoms with van der Waals surface area (Å²) in [6, 6.07) is 10.4. The Kier molecular flexibility index (Phi) is 5.42. The number of hydrogen-bond acceptors (Lipinski definition) is 4. The van der Waals surface area contributed by atoms with E-state index in [-0.39, 0.29) is 6.42 Å². The summed E-state index contributed by atoms with van der Waals surface area (Å²) in [5, 5.41) is 12.6. The molecular weight excluding hydrogens is 389 g/mol. The van der Waals surface area contributed by atoms with Crippen LogP contribution in [0.4, 0.5) is 24.0 Å². The fourth-order valence-corrected chi connectivity index (χ4v) is 3.81. The Morgan fingerprint density at radius 1 is 1.14 bits per heavy atom. The van der Waals surface area contributed by atoms with Crippen molar-refractivity contribution in [3.8, 4) is 11.3 Å². The van der Waals surface area contributed by atoms with Gasteiger partial charge in [-0.1, -0.05) is 23.8 Å². The molecule has 4 nitrogen and oxygen atoms in total. The van der Waals surface area contributed by atoms with E-state index >= 15 is 0 Å².